The van der Waals surface area contributed by atoms with Gasteiger partial charge in [0.25, 0.3) is 11.1 Å². The molecule has 0 radical (unpaired) electrons. The average molecular weight is 690 g/mol. The van der Waals surface area contributed by atoms with Crippen molar-refractivity contribution in [2.24, 2.45) is 0 Å². The number of aromatic nitrogens is 4. The molecular weight excluding hydrogens is 651 g/mol. The van der Waals surface area contributed by atoms with Gasteiger partial charge in [0.2, 0.25) is 0 Å². The van der Waals surface area contributed by atoms with E-state index in [1.807, 2.05) is 96.0 Å². The molecule has 0 fully saturated rings. The van der Waals surface area contributed by atoms with E-state index in [-0.39, 0.29) is 24.3 Å². The molecule has 4 N–H and O–H groups in total. The van der Waals surface area contributed by atoms with Gasteiger partial charge < -0.3 is 38.8 Å². The molecule has 12 heteroatoms. The standard InChI is InChI=1S/C36H38Cl2N6O4/c1-23-19-41-21-25(17-31(41)35(47)43(23)13-9-39-11-15-45)27-5-3-7-29(33(27)37)30-8-4-6-28(34(30)38)26-18-32-36(48)44(14-10-40-12-16-46)24(2)20-42(32)22-26/h3-8,17-22,39-40,45-46H,9-16H2,1-2H3. The first-order valence-electron chi connectivity index (χ1n) is 15.9. The summed E-state index contributed by atoms with van der Waals surface area (Å²) < 4.78 is 7.12. The number of hydrogen-bond donors (Lipinski definition) is 4. The maximum absolute atomic E-state index is 13.4. The van der Waals surface area contributed by atoms with Crippen molar-refractivity contribution in [2.45, 2.75) is 26.9 Å². The fourth-order valence-corrected chi connectivity index (χ4v) is 6.89. The van der Waals surface area contributed by atoms with Gasteiger partial charge in [-0.25, -0.2) is 0 Å². The van der Waals surface area contributed by atoms with Crippen LogP contribution in [0.2, 0.25) is 10.0 Å². The molecule has 6 rings (SSSR count). The molecule has 0 aliphatic carbocycles. The Kier molecular flexibility index (Phi) is 10.2. The predicted molar refractivity (Wildman–Crippen MR) is 193 cm³/mol. The molecule has 250 valence electrons. The van der Waals surface area contributed by atoms with Crippen molar-refractivity contribution in [1.82, 2.24) is 28.6 Å². The number of aliphatic hydroxyl groups is 2. The van der Waals surface area contributed by atoms with E-state index in [9.17, 15) is 9.59 Å². The van der Waals surface area contributed by atoms with Crippen LogP contribution in [0.15, 0.2) is 82.9 Å². The van der Waals surface area contributed by atoms with E-state index >= 15 is 0 Å². The molecule has 4 aromatic heterocycles. The zero-order valence-electron chi connectivity index (χ0n) is 26.8. The number of aryl methyl sites for hydroxylation is 2. The molecule has 2 aromatic carbocycles. The lowest BCUT2D eigenvalue weighted by Gasteiger charge is -2.13. The third kappa shape index (κ3) is 6.47. The largest absolute Gasteiger partial charge is 0.395 e. The molecular formula is C36H38Cl2N6O4. The van der Waals surface area contributed by atoms with Crippen LogP contribution in [0.5, 0.6) is 0 Å². The molecule has 4 heterocycles. The number of fused-ring (bicyclic) bond motifs is 2. The van der Waals surface area contributed by atoms with Crippen LogP contribution in [0.1, 0.15) is 11.4 Å². The Morgan fingerprint density at radius 1 is 0.604 bits per heavy atom. The van der Waals surface area contributed by atoms with Crippen molar-refractivity contribution in [1.29, 1.82) is 0 Å². The van der Waals surface area contributed by atoms with Crippen LogP contribution >= 0.6 is 23.2 Å². The monoisotopic (exact) mass is 688 g/mol. The Bertz CT molecular complexity index is 2080. The van der Waals surface area contributed by atoms with Gasteiger partial charge >= 0.3 is 0 Å². The Morgan fingerprint density at radius 3 is 1.40 bits per heavy atom. The molecule has 0 bridgehead atoms. The Labute approximate surface area is 287 Å². The molecule has 0 unspecified atom stereocenters. The summed E-state index contributed by atoms with van der Waals surface area (Å²) in [5.74, 6) is 0. The van der Waals surface area contributed by atoms with Crippen LogP contribution in [0.25, 0.3) is 44.4 Å². The van der Waals surface area contributed by atoms with Crippen molar-refractivity contribution in [2.75, 3.05) is 39.4 Å². The van der Waals surface area contributed by atoms with Crippen LogP contribution in [0.3, 0.4) is 0 Å². The lowest BCUT2D eigenvalue weighted by atomic mass is 9.97. The van der Waals surface area contributed by atoms with E-state index in [2.05, 4.69) is 10.6 Å². The Hall–Kier alpha value is -4.16. The van der Waals surface area contributed by atoms with E-state index in [1.54, 1.807) is 9.13 Å². The first-order chi connectivity index (χ1) is 23.2. The zero-order valence-corrected chi connectivity index (χ0v) is 28.4. The molecule has 6 aromatic rings. The smallest absolute Gasteiger partial charge is 0.275 e. The molecule has 0 amide bonds. The summed E-state index contributed by atoms with van der Waals surface area (Å²) in [4.78, 5) is 26.8. The van der Waals surface area contributed by atoms with E-state index < -0.39 is 0 Å². The maximum Gasteiger partial charge on any atom is 0.275 e. The molecule has 0 aliphatic rings. The third-order valence-corrected chi connectivity index (χ3v) is 9.45. The minimum absolute atomic E-state index is 0.0436. The molecule has 0 saturated carbocycles. The van der Waals surface area contributed by atoms with E-state index in [1.165, 1.54) is 0 Å². The number of aliphatic hydroxyl groups excluding tert-OH is 2. The number of nitrogens with one attached hydrogen (secondary N) is 2. The van der Waals surface area contributed by atoms with Crippen LogP contribution in [0.4, 0.5) is 0 Å². The zero-order chi connectivity index (χ0) is 33.9. The number of nitrogens with zero attached hydrogens (tertiary/aromatic N) is 4. The van der Waals surface area contributed by atoms with Crippen molar-refractivity contribution in [3.63, 3.8) is 0 Å². The number of benzene rings is 2. The van der Waals surface area contributed by atoms with Crippen molar-refractivity contribution >= 4 is 34.2 Å². The predicted octanol–water partition coefficient (Wildman–Crippen LogP) is 4.60. The van der Waals surface area contributed by atoms with Crippen molar-refractivity contribution < 1.29 is 10.2 Å². The Balaban J connectivity index is 1.35. The summed E-state index contributed by atoms with van der Waals surface area (Å²) in [5.41, 5.74) is 7.17. The molecule has 0 aliphatic heterocycles. The van der Waals surface area contributed by atoms with Gasteiger partial charge in [0, 0.05) is 109 Å². The second kappa shape index (κ2) is 14.5. The highest BCUT2D eigenvalue weighted by molar-refractivity contribution is 6.39. The Morgan fingerprint density at radius 2 is 1.00 bits per heavy atom. The van der Waals surface area contributed by atoms with E-state index in [0.29, 0.717) is 60.3 Å². The van der Waals surface area contributed by atoms with Gasteiger partial charge in [-0.15, -0.1) is 0 Å². The van der Waals surface area contributed by atoms with E-state index in [4.69, 9.17) is 33.4 Å². The first-order valence-corrected chi connectivity index (χ1v) is 16.6. The van der Waals surface area contributed by atoms with E-state index in [0.717, 1.165) is 44.8 Å². The molecule has 0 spiro atoms. The van der Waals surface area contributed by atoms with Crippen LogP contribution in [-0.4, -0.2) is 67.5 Å². The highest BCUT2D eigenvalue weighted by Crippen LogP contribution is 2.42. The SMILES string of the molecule is Cc1cn2cc(-c3cccc(-c4cccc(-c5cc6c(=O)n(CCNCCO)c(C)cn6c5)c4Cl)c3Cl)cc2c(=O)n1CCNCCO. The van der Waals surface area contributed by atoms with Crippen LogP contribution < -0.4 is 21.8 Å². The fraction of sp³-hybridized carbons (Fsp3) is 0.278. The summed E-state index contributed by atoms with van der Waals surface area (Å²) in [6.07, 6.45) is 7.67. The van der Waals surface area contributed by atoms with Crippen molar-refractivity contribution in [3.05, 3.63) is 115 Å². The van der Waals surface area contributed by atoms with Crippen LogP contribution in [-0.2, 0) is 13.1 Å². The first kappa shape index (κ1) is 33.7. The fourth-order valence-electron chi connectivity index (χ4n) is 6.22. The lowest BCUT2D eigenvalue weighted by Crippen LogP contribution is -2.30. The quantitative estimate of drug-likeness (QED) is 0.132. The van der Waals surface area contributed by atoms with Gasteiger partial charge in [-0.1, -0.05) is 59.6 Å². The van der Waals surface area contributed by atoms with Crippen molar-refractivity contribution in [3.8, 4) is 33.4 Å². The second-order valence-electron chi connectivity index (χ2n) is 11.8. The van der Waals surface area contributed by atoms with Gasteiger partial charge in [-0.3, -0.25) is 9.59 Å². The molecule has 0 atom stereocenters. The lowest BCUT2D eigenvalue weighted by molar-refractivity contribution is 0.291. The maximum atomic E-state index is 13.4. The summed E-state index contributed by atoms with van der Waals surface area (Å²) in [7, 11) is 0. The summed E-state index contributed by atoms with van der Waals surface area (Å²) in [6, 6.07) is 15.3. The van der Waals surface area contributed by atoms with Gasteiger partial charge in [-0.05, 0) is 26.0 Å². The third-order valence-electron chi connectivity index (χ3n) is 8.64. The summed E-state index contributed by atoms with van der Waals surface area (Å²) >= 11 is 14.2. The molecule has 48 heavy (non-hydrogen) atoms. The average Bonchev–Trinajstić information content (AvgIpc) is 3.69. The van der Waals surface area contributed by atoms with Crippen LogP contribution in [0, 0.1) is 13.8 Å². The second-order valence-corrected chi connectivity index (χ2v) is 12.5. The highest BCUT2D eigenvalue weighted by atomic mass is 35.5. The number of hydrogen-bond acceptors (Lipinski definition) is 6. The molecule has 10 nitrogen and oxygen atoms in total. The van der Waals surface area contributed by atoms with Gasteiger partial charge in [-0.2, -0.15) is 0 Å². The summed E-state index contributed by atoms with van der Waals surface area (Å²) in [5, 5.41) is 25.3. The minimum Gasteiger partial charge on any atom is -0.395 e. The minimum atomic E-state index is -0.102. The number of halogens is 2. The normalized spacial score (nSPS) is 11.7. The van der Waals surface area contributed by atoms with Gasteiger partial charge in [0.1, 0.15) is 11.0 Å². The summed E-state index contributed by atoms with van der Waals surface area (Å²) in [6.45, 7) is 6.95. The van der Waals surface area contributed by atoms with Gasteiger partial charge in [0.05, 0.1) is 23.3 Å². The topological polar surface area (TPSA) is 117 Å². The molecule has 0 saturated heterocycles. The highest BCUT2D eigenvalue weighted by Gasteiger charge is 2.19. The number of rotatable bonds is 13. The van der Waals surface area contributed by atoms with Gasteiger partial charge in [0.15, 0.2) is 0 Å².